The summed E-state index contributed by atoms with van der Waals surface area (Å²) in [4.78, 5) is 0. The van der Waals surface area contributed by atoms with Gasteiger partial charge in [0.15, 0.2) is 0 Å². The van der Waals surface area contributed by atoms with Crippen LogP contribution in [-0.2, 0) is 0 Å². The Kier molecular flexibility index (Phi) is 17.0. The van der Waals surface area contributed by atoms with Gasteiger partial charge in [0.25, 0.3) is 0 Å². The maximum absolute atomic E-state index is 8.74. The van der Waals surface area contributed by atoms with Crippen molar-refractivity contribution in [1.29, 1.82) is 0 Å². The summed E-state index contributed by atoms with van der Waals surface area (Å²) in [6.45, 7) is 5.05. The molecule has 1 N–H and O–H groups in total. The van der Waals surface area contributed by atoms with Crippen LogP contribution in [0.2, 0.25) is 0 Å². The van der Waals surface area contributed by atoms with Crippen molar-refractivity contribution in [2.45, 2.75) is 110 Å². The molecule has 0 aliphatic heterocycles. The fourth-order valence-corrected chi connectivity index (χ4v) is 2.91. The molecule has 1 heteroatoms. The molecule has 0 rings (SSSR count). The van der Waals surface area contributed by atoms with E-state index in [1.807, 2.05) is 0 Å². The molecule has 0 saturated heterocycles. The molecule has 0 heterocycles. The zero-order valence-electron chi connectivity index (χ0n) is 14.3. The summed E-state index contributed by atoms with van der Waals surface area (Å²) < 4.78 is 0. The maximum atomic E-state index is 8.74. The Morgan fingerprint density at radius 1 is 0.600 bits per heavy atom. The van der Waals surface area contributed by atoms with Gasteiger partial charge in [-0.1, -0.05) is 104 Å². The first-order chi connectivity index (χ1) is 9.81. The van der Waals surface area contributed by atoms with E-state index < -0.39 is 0 Å². The molecular formula is C19H40O. The van der Waals surface area contributed by atoms with Crippen molar-refractivity contribution in [2.24, 2.45) is 5.92 Å². The second kappa shape index (κ2) is 17.0. The zero-order chi connectivity index (χ0) is 14.9. The molecule has 122 valence electrons. The summed E-state index contributed by atoms with van der Waals surface area (Å²) in [5.74, 6) is 0.891. The molecule has 0 aromatic carbocycles. The second-order valence-corrected chi connectivity index (χ2v) is 6.65. The molecular weight excluding hydrogens is 244 g/mol. The average Bonchev–Trinajstić information content (AvgIpc) is 2.45. The summed E-state index contributed by atoms with van der Waals surface area (Å²) in [6, 6.07) is 0. The Morgan fingerprint density at radius 2 is 1.00 bits per heavy atom. The van der Waals surface area contributed by atoms with E-state index >= 15 is 0 Å². The van der Waals surface area contributed by atoms with Crippen molar-refractivity contribution in [3.8, 4) is 0 Å². The molecule has 1 unspecified atom stereocenters. The Labute approximate surface area is 128 Å². The van der Waals surface area contributed by atoms with Crippen LogP contribution in [0.25, 0.3) is 0 Å². The zero-order valence-corrected chi connectivity index (χ0v) is 14.3. The van der Waals surface area contributed by atoms with E-state index in [0.29, 0.717) is 6.61 Å². The van der Waals surface area contributed by atoms with Gasteiger partial charge in [-0.25, -0.2) is 0 Å². The SMILES string of the molecule is CCCCCCCCCCCCC(C)CCCCCO. The van der Waals surface area contributed by atoms with Crippen LogP contribution in [0.4, 0.5) is 0 Å². The smallest absolute Gasteiger partial charge is 0.0431 e. The summed E-state index contributed by atoms with van der Waals surface area (Å²) >= 11 is 0. The first-order valence-electron chi connectivity index (χ1n) is 9.42. The lowest BCUT2D eigenvalue weighted by Gasteiger charge is -2.10. The number of unbranched alkanes of at least 4 members (excludes halogenated alkanes) is 11. The van der Waals surface area contributed by atoms with Gasteiger partial charge in [-0.3, -0.25) is 0 Å². The lowest BCUT2D eigenvalue weighted by Crippen LogP contribution is -1.95. The van der Waals surface area contributed by atoms with Crippen LogP contribution in [0.15, 0.2) is 0 Å². The predicted octanol–water partition coefficient (Wildman–Crippen LogP) is 6.49. The number of rotatable bonds is 16. The molecule has 0 radical (unpaired) electrons. The van der Waals surface area contributed by atoms with Gasteiger partial charge in [-0.15, -0.1) is 0 Å². The van der Waals surface area contributed by atoms with Gasteiger partial charge in [-0.2, -0.15) is 0 Å². The van der Waals surface area contributed by atoms with Gasteiger partial charge in [0.2, 0.25) is 0 Å². The van der Waals surface area contributed by atoms with Crippen molar-refractivity contribution in [2.75, 3.05) is 6.61 Å². The van der Waals surface area contributed by atoms with Crippen LogP contribution in [0.3, 0.4) is 0 Å². The summed E-state index contributed by atoms with van der Waals surface area (Å²) in [5, 5.41) is 8.74. The van der Waals surface area contributed by atoms with Crippen LogP contribution in [0.1, 0.15) is 110 Å². The van der Waals surface area contributed by atoms with Crippen molar-refractivity contribution in [3.63, 3.8) is 0 Å². The molecule has 0 amide bonds. The molecule has 0 aromatic heterocycles. The lowest BCUT2D eigenvalue weighted by molar-refractivity contribution is 0.280. The first kappa shape index (κ1) is 20.0. The molecule has 0 fully saturated rings. The number of aliphatic hydroxyl groups is 1. The molecule has 0 bridgehead atoms. The number of hydrogen-bond acceptors (Lipinski definition) is 1. The third kappa shape index (κ3) is 16.0. The minimum Gasteiger partial charge on any atom is -0.396 e. The van der Waals surface area contributed by atoms with E-state index in [1.165, 1.54) is 89.9 Å². The highest BCUT2D eigenvalue weighted by Gasteiger charge is 2.01. The standard InChI is InChI=1S/C19H40O/c1-3-4-5-6-7-8-9-10-11-13-16-19(2)17-14-12-15-18-20/h19-20H,3-18H2,1-2H3. The normalized spacial score (nSPS) is 12.8. The molecule has 1 atom stereocenters. The van der Waals surface area contributed by atoms with Crippen molar-refractivity contribution >= 4 is 0 Å². The highest BCUT2D eigenvalue weighted by Crippen LogP contribution is 2.18. The Hall–Kier alpha value is -0.0400. The molecule has 20 heavy (non-hydrogen) atoms. The minimum atomic E-state index is 0.368. The Balaban J connectivity index is 3.07. The monoisotopic (exact) mass is 284 g/mol. The number of aliphatic hydroxyl groups excluding tert-OH is 1. The fraction of sp³-hybridized carbons (Fsp3) is 1.00. The van der Waals surface area contributed by atoms with Crippen molar-refractivity contribution < 1.29 is 5.11 Å². The highest BCUT2D eigenvalue weighted by molar-refractivity contribution is 4.55. The van der Waals surface area contributed by atoms with Gasteiger partial charge >= 0.3 is 0 Å². The van der Waals surface area contributed by atoms with Gasteiger partial charge in [-0.05, 0) is 12.3 Å². The Morgan fingerprint density at radius 3 is 1.45 bits per heavy atom. The van der Waals surface area contributed by atoms with Gasteiger partial charge in [0, 0.05) is 6.61 Å². The van der Waals surface area contributed by atoms with Crippen molar-refractivity contribution in [3.05, 3.63) is 0 Å². The minimum absolute atomic E-state index is 0.368. The van der Waals surface area contributed by atoms with Crippen molar-refractivity contribution in [1.82, 2.24) is 0 Å². The van der Waals surface area contributed by atoms with Gasteiger partial charge < -0.3 is 5.11 Å². The molecule has 0 aromatic rings. The van der Waals surface area contributed by atoms with E-state index in [-0.39, 0.29) is 0 Å². The van der Waals surface area contributed by atoms with Crippen LogP contribution >= 0.6 is 0 Å². The van der Waals surface area contributed by atoms with Crippen LogP contribution in [0.5, 0.6) is 0 Å². The van der Waals surface area contributed by atoms with Gasteiger partial charge in [0.1, 0.15) is 0 Å². The van der Waals surface area contributed by atoms with Crippen LogP contribution in [0, 0.1) is 5.92 Å². The third-order valence-electron chi connectivity index (χ3n) is 4.41. The molecule has 1 nitrogen and oxygen atoms in total. The van der Waals surface area contributed by atoms with Crippen LogP contribution in [-0.4, -0.2) is 11.7 Å². The third-order valence-corrected chi connectivity index (χ3v) is 4.41. The predicted molar refractivity (Wildman–Crippen MR) is 91.2 cm³/mol. The molecule has 0 saturated carbocycles. The van der Waals surface area contributed by atoms with E-state index in [4.69, 9.17) is 5.11 Å². The summed E-state index contributed by atoms with van der Waals surface area (Å²) in [6.07, 6.45) is 20.7. The topological polar surface area (TPSA) is 20.2 Å². The van der Waals surface area contributed by atoms with E-state index in [2.05, 4.69) is 13.8 Å². The molecule has 0 aliphatic carbocycles. The maximum Gasteiger partial charge on any atom is 0.0431 e. The van der Waals surface area contributed by atoms with Crippen LogP contribution < -0.4 is 0 Å². The largest absolute Gasteiger partial charge is 0.396 e. The Bertz CT molecular complexity index is 167. The highest BCUT2D eigenvalue weighted by atomic mass is 16.2. The number of hydrogen-bond donors (Lipinski definition) is 1. The summed E-state index contributed by atoms with van der Waals surface area (Å²) in [7, 11) is 0. The molecule has 0 spiro atoms. The second-order valence-electron chi connectivity index (χ2n) is 6.65. The molecule has 0 aliphatic rings. The van der Waals surface area contributed by atoms with E-state index in [9.17, 15) is 0 Å². The van der Waals surface area contributed by atoms with E-state index in [1.54, 1.807) is 0 Å². The quantitative estimate of drug-likeness (QED) is 0.321. The van der Waals surface area contributed by atoms with Gasteiger partial charge in [0.05, 0.1) is 0 Å². The summed E-state index contributed by atoms with van der Waals surface area (Å²) in [5.41, 5.74) is 0. The van der Waals surface area contributed by atoms with E-state index in [0.717, 1.165) is 12.3 Å². The first-order valence-corrected chi connectivity index (χ1v) is 9.42. The fourth-order valence-electron chi connectivity index (χ4n) is 2.91. The lowest BCUT2D eigenvalue weighted by atomic mass is 9.96. The average molecular weight is 285 g/mol.